The molecule has 0 amide bonds. The van der Waals surface area contributed by atoms with Gasteiger partial charge in [-0.1, -0.05) is 0 Å². The van der Waals surface area contributed by atoms with E-state index in [1.807, 2.05) is 0 Å². The van der Waals surface area contributed by atoms with Crippen molar-refractivity contribution in [3.8, 4) is 0 Å². The third-order valence-corrected chi connectivity index (χ3v) is 10.2. The molecular weight excluding hydrogens is 279 g/mol. The summed E-state index contributed by atoms with van der Waals surface area (Å²) in [4.78, 5) is 0. The van der Waals surface area contributed by atoms with Crippen LogP contribution in [-0.4, -0.2) is 8.07 Å². The normalized spacial score (nSPS) is 16.0. The molecular formula is C11H21Cl2SiTi. The fraction of sp³-hybridized carbons (Fsp3) is 0.636. The van der Waals surface area contributed by atoms with Gasteiger partial charge in [0.15, 0.2) is 0 Å². The second-order valence-electron chi connectivity index (χ2n) is 5.37. The molecule has 0 aliphatic heterocycles. The first-order chi connectivity index (χ1) is 5.77. The zero-order valence-corrected chi connectivity index (χ0v) is 14.4. The minimum atomic E-state index is -1.24. The molecule has 1 aliphatic rings. The van der Waals surface area contributed by atoms with Gasteiger partial charge in [0.1, 0.15) is 0 Å². The van der Waals surface area contributed by atoms with Gasteiger partial charge in [0.2, 0.25) is 0 Å². The van der Waals surface area contributed by atoms with Crippen LogP contribution in [-0.2, 0) is 20.4 Å². The summed E-state index contributed by atoms with van der Waals surface area (Å²) in [5.41, 5.74) is 0. The van der Waals surface area contributed by atoms with Gasteiger partial charge in [-0.05, 0) is 0 Å². The Kier molecular flexibility index (Phi) is 7.43. The summed E-state index contributed by atoms with van der Waals surface area (Å²) in [6.07, 6.45) is 5.86. The van der Waals surface area contributed by atoms with Crippen LogP contribution >= 0.6 is 24.8 Å². The molecule has 0 aromatic rings. The predicted octanol–water partition coefficient (Wildman–Crippen LogP) is 4.64. The molecule has 1 rings (SSSR count). The van der Waals surface area contributed by atoms with Crippen molar-refractivity contribution in [1.82, 2.24) is 0 Å². The Balaban J connectivity index is 0. The first-order valence-electron chi connectivity index (χ1n) is 4.88. The maximum absolute atomic E-state index is 2.49. The third kappa shape index (κ3) is 3.75. The third-order valence-electron chi connectivity index (χ3n) is 3.48. The summed E-state index contributed by atoms with van der Waals surface area (Å²) in [7, 11) is -1.24. The molecule has 4 heteroatoms. The van der Waals surface area contributed by atoms with E-state index in [1.54, 1.807) is 9.07 Å². The molecule has 0 bridgehead atoms. The Morgan fingerprint density at radius 3 is 1.93 bits per heavy atom. The fourth-order valence-corrected chi connectivity index (χ4v) is 5.47. The van der Waals surface area contributed by atoms with Crippen molar-refractivity contribution >= 4 is 32.9 Å². The van der Waals surface area contributed by atoms with E-state index in [9.17, 15) is 0 Å². The van der Waals surface area contributed by atoms with Gasteiger partial charge in [-0.25, -0.2) is 0 Å². The molecule has 0 aromatic heterocycles. The molecule has 1 aliphatic carbocycles. The molecule has 15 heavy (non-hydrogen) atoms. The molecule has 0 nitrogen and oxygen atoms in total. The zero-order chi connectivity index (χ0) is 10.3. The number of halogens is 2. The number of allylic oxidation sites excluding steroid dienone is 4. The minimum Gasteiger partial charge on any atom is -0.147 e. The first kappa shape index (κ1) is 18.4. The Labute approximate surface area is 119 Å². The molecule has 0 radical (unpaired) electrons. The van der Waals surface area contributed by atoms with Gasteiger partial charge in [-0.3, -0.25) is 0 Å². The van der Waals surface area contributed by atoms with Crippen LogP contribution in [0.5, 0.6) is 0 Å². The first-order valence-corrected chi connectivity index (χ1v) is 8.66. The van der Waals surface area contributed by atoms with Crippen molar-refractivity contribution in [3.05, 3.63) is 21.2 Å². The maximum atomic E-state index is 2.49. The minimum absolute atomic E-state index is 0. The molecule has 0 saturated carbocycles. The molecule has 0 atom stereocenters. The van der Waals surface area contributed by atoms with Crippen LogP contribution in [0.1, 0.15) is 27.2 Å². The van der Waals surface area contributed by atoms with Gasteiger partial charge in [-0.15, -0.1) is 24.8 Å². The fourth-order valence-electron chi connectivity index (χ4n) is 1.49. The number of hydrogen-bond donors (Lipinski definition) is 0. The van der Waals surface area contributed by atoms with Gasteiger partial charge in [-0.2, -0.15) is 0 Å². The van der Waals surface area contributed by atoms with Crippen LogP contribution in [0.4, 0.5) is 0 Å². The van der Waals surface area contributed by atoms with E-state index in [0.717, 1.165) is 0 Å². The van der Waals surface area contributed by atoms with Gasteiger partial charge in [0.25, 0.3) is 0 Å². The standard InChI is InChI=1S/C11H19Si.2ClH.Ti/c1-11(2,3)12(4,5)10-8-6-7-9-10;;;/h6,8H,7H2,1-5H3;2*1H;. The van der Waals surface area contributed by atoms with E-state index in [-0.39, 0.29) is 24.8 Å². The molecule has 0 heterocycles. The van der Waals surface area contributed by atoms with Crippen LogP contribution in [0.2, 0.25) is 18.1 Å². The van der Waals surface area contributed by atoms with Crippen molar-refractivity contribution < 1.29 is 20.4 Å². The van der Waals surface area contributed by atoms with E-state index in [2.05, 4.69) is 66.5 Å². The van der Waals surface area contributed by atoms with Crippen molar-refractivity contribution in [2.24, 2.45) is 0 Å². The summed E-state index contributed by atoms with van der Waals surface area (Å²) in [5.74, 6) is 0. The van der Waals surface area contributed by atoms with E-state index >= 15 is 0 Å². The van der Waals surface area contributed by atoms with Crippen molar-refractivity contribution in [2.75, 3.05) is 0 Å². The molecule has 0 spiro atoms. The predicted molar refractivity (Wildman–Crippen MR) is 72.5 cm³/mol. The van der Waals surface area contributed by atoms with E-state index in [4.69, 9.17) is 0 Å². The van der Waals surface area contributed by atoms with Gasteiger partial charge in [0, 0.05) is 0 Å². The SMILES string of the molecule is CC(C)(C)[Si](C)(C)C1=[C]([Ti])CC=C1.Cl.Cl. The van der Waals surface area contributed by atoms with Crippen LogP contribution in [0.15, 0.2) is 21.2 Å². The van der Waals surface area contributed by atoms with Crippen molar-refractivity contribution in [2.45, 2.75) is 45.3 Å². The second-order valence-corrected chi connectivity index (χ2v) is 11.6. The molecule has 87 valence electrons. The van der Waals surface area contributed by atoms with Crippen LogP contribution in [0.25, 0.3) is 0 Å². The Morgan fingerprint density at radius 1 is 1.20 bits per heavy atom. The smallest absolute Gasteiger partial charge is 0.147 e. The number of rotatable bonds is 1. The average Bonchev–Trinajstić information content (AvgIpc) is 2.32. The molecule has 0 unspecified atom stereocenters. The van der Waals surface area contributed by atoms with Gasteiger partial charge >= 0.3 is 95.1 Å². The zero-order valence-electron chi connectivity index (χ0n) is 10.2. The summed E-state index contributed by atoms with van der Waals surface area (Å²) in [6.45, 7) is 12.1. The largest absolute Gasteiger partial charge is 0.147 e. The second kappa shape index (κ2) is 6.07. The summed E-state index contributed by atoms with van der Waals surface area (Å²) < 4.78 is 1.60. The summed E-state index contributed by atoms with van der Waals surface area (Å²) in [6, 6.07) is 0. The molecule has 0 N–H and O–H groups in total. The maximum Gasteiger partial charge on any atom is -0.147 e. The quantitative estimate of drug-likeness (QED) is 0.619. The Hall–Kier alpha value is 0.991. The van der Waals surface area contributed by atoms with Gasteiger partial charge in [0.05, 0.1) is 0 Å². The molecule has 0 fully saturated rings. The summed E-state index contributed by atoms with van der Waals surface area (Å²) in [5, 5.41) is 2.15. The Morgan fingerprint density at radius 2 is 1.67 bits per heavy atom. The van der Waals surface area contributed by atoms with Crippen LogP contribution in [0, 0.1) is 0 Å². The van der Waals surface area contributed by atoms with Crippen molar-refractivity contribution in [3.63, 3.8) is 0 Å². The summed E-state index contributed by atoms with van der Waals surface area (Å²) >= 11 is 2.29. The van der Waals surface area contributed by atoms with Gasteiger partial charge < -0.3 is 0 Å². The van der Waals surface area contributed by atoms with E-state index in [0.29, 0.717) is 5.04 Å². The van der Waals surface area contributed by atoms with E-state index < -0.39 is 8.07 Å². The monoisotopic (exact) mass is 299 g/mol. The van der Waals surface area contributed by atoms with E-state index in [1.165, 1.54) is 6.42 Å². The van der Waals surface area contributed by atoms with Crippen LogP contribution < -0.4 is 0 Å². The van der Waals surface area contributed by atoms with Crippen molar-refractivity contribution in [1.29, 1.82) is 0 Å². The topological polar surface area (TPSA) is 0 Å². The molecule has 0 aromatic carbocycles. The number of hydrogen-bond acceptors (Lipinski definition) is 0. The Bertz CT molecular complexity index is 275. The van der Waals surface area contributed by atoms with Crippen LogP contribution in [0.3, 0.4) is 0 Å². The average molecular weight is 300 g/mol. The molecule has 0 saturated heterocycles.